The molecule has 2 aromatic rings. The van der Waals surface area contributed by atoms with E-state index in [4.69, 9.17) is 0 Å². The Morgan fingerprint density at radius 3 is 2.87 bits per heavy atom. The van der Waals surface area contributed by atoms with Crippen LogP contribution >= 0.6 is 22.6 Å². The van der Waals surface area contributed by atoms with Crippen molar-refractivity contribution in [3.63, 3.8) is 0 Å². The summed E-state index contributed by atoms with van der Waals surface area (Å²) in [5.74, 6) is 0.147. The van der Waals surface area contributed by atoms with E-state index in [9.17, 15) is 13.2 Å². The van der Waals surface area contributed by atoms with E-state index in [2.05, 4.69) is 32.7 Å². The van der Waals surface area contributed by atoms with Crippen molar-refractivity contribution < 1.29 is 8.42 Å². The molecule has 3 rings (SSSR count). The fourth-order valence-corrected chi connectivity index (χ4v) is 4.89. The van der Waals surface area contributed by atoms with Crippen LogP contribution in [0, 0.1) is 10.5 Å². The number of hydrogen-bond donors (Lipinski definition) is 1. The topological polar surface area (TPSA) is 84.3 Å². The van der Waals surface area contributed by atoms with Crippen LogP contribution < -0.4 is 5.56 Å². The first-order valence-electron chi connectivity index (χ1n) is 7.17. The van der Waals surface area contributed by atoms with Gasteiger partial charge in [-0.3, -0.25) is 14.9 Å². The van der Waals surface area contributed by atoms with Crippen molar-refractivity contribution >= 4 is 44.3 Å². The Kier molecular flexibility index (Phi) is 4.45. The summed E-state index contributed by atoms with van der Waals surface area (Å²) >= 11 is 2.20. The first-order valence-corrected chi connectivity index (χ1v) is 10.1. The minimum absolute atomic E-state index is 0.0142. The largest absolute Gasteiger partial charge is 0.299 e. The second-order valence-corrected chi connectivity index (χ2v) is 9.09. The van der Waals surface area contributed by atoms with E-state index in [0.29, 0.717) is 17.7 Å². The van der Waals surface area contributed by atoms with E-state index >= 15 is 0 Å². The Morgan fingerprint density at radius 1 is 1.43 bits per heavy atom. The summed E-state index contributed by atoms with van der Waals surface area (Å²) in [6.45, 7) is 1.79. The Bertz CT molecular complexity index is 928. The molecular weight excluding hydrogens is 429 g/mol. The second-order valence-electron chi connectivity index (χ2n) is 5.62. The van der Waals surface area contributed by atoms with Gasteiger partial charge in [0.1, 0.15) is 0 Å². The summed E-state index contributed by atoms with van der Waals surface area (Å²) in [5, 5.41) is 2.99. The van der Waals surface area contributed by atoms with Crippen molar-refractivity contribution in [2.45, 2.75) is 19.4 Å². The number of aliphatic imine (C=N–C) groups is 1. The Labute approximate surface area is 147 Å². The zero-order chi connectivity index (χ0) is 16.6. The fraction of sp³-hybridized carbons (Fsp3) is 0.333. The van der Waals surface area contributed by atoms with Crippen LogP contribution in [0.3, 0.4) is 0 Å². The summed E-state index contributed by atoms with van der Waals surface area (Å²) < 4.78 is 25.7. The first kappa shape index (κ1) is 16.4. The predicted molar refractivity (Wildman–Crippen MR) is 98.5 cm³/mol. The molecule has 1 N–H and O–H groups in total. The molecule has 2 heterocycles. The third-order valence-corrected chi connectivity index (χ3v) is 6.29. The average molecular weight is 445 g/mol. The molecule has 23 heavy (non-hydrogen) atoms. The zero-order valence-electron chi connectivity index (χ0n) is 12.5. The van der Waals surface area contributed by atoms with Gasteiger partial charge in [-0.15, -0.1) is 0 Å². The molecule has 1 aliphatic rings. The highest BCUT2D eigenvalue weighted by Gasteiger charge is 2.31. The Hall–Kier alpha value is -1.42. The lowest BCUT2D eigenvalue weighted by Gasteiger charge is -2.07. The second kappa shape index (κ2) is 6.23. The molecule has 1 saturated heterocycles. The molecule has 0 spiro atoms. The summed E-state index contributed by atoms with van der Waals surface area (Å²) in [6, 6.07) is 7.34. The van der Waals surface area contributed by atoms with E-state index in [0.717, 1.165) is 9.26 Å². The highest BCUT2D eigenvalue weighted by Crippen LogP contribution is 2.22. The van der Waals surface area contributed by atoms with Crippen LogP contribution in [0.4, 0.5) is 5.69 Å². The van der Waals surface area contributed by atoms with Crippen LogP contribution in [0.15, 0.2) is 34.1 Å². The minimum atomic E-state index is -3.04. The molecular formula is C15H16IN3O3S. The molecule has 1 atom stereocenters. The van der Waals surface area contributed by atoms with Crippen molar-refractivity contribution in [2.75, 3.05) is 11.5 Å². The highest BCUT2D eigenvalue weighted by molar-refractivity contribution is 14.1. The highest BCUT2D eigenvalue weighted by atomic mass is 127. The molecule has 1 fully saturated rings. The number of nitrogens with one attached hydrogen (secondary N) is 1. The van der Waals surface area contributed by atoms with Gasteiger partial charge in [-0.1, -0.05) is 6.07 Å². The van der Waals surface area contributed by atoms with Gasteiger partial charge in [0.25, 0.3) is 5.56 Å². The van der Waals surface area contributed by atoms with Gasteiger partial charge in [-0.25, -0.2) is 13.1 Å². The summed E-state index contributed by atoms with van der Waals surface area (Å²) in [5.41, 5.74) is 1.70. The predicted octanol–water partition coefficient (Wildman–Crippen LogP) is 2.20. The molecule has 0 aliphatic carbocycles. The molecule has 0 saturated carbocycles. The van der Waals surface area contributed by atoms with Gasteiger partial charge in [0.05, 0.1) is 28.8 Å². The first-order chi connectivity index (χ1) is 10.9. The maximum Gasteiger partial charge on any atom is 0.275 e. The number of hydrogen-bond acceptors (Lipinski definition) is 4. The van der Waals surface area contributed by atoms with Gasteiger partial charge in [0.15, 0.2) is 9.84 Å². The smallest absolute Gasteiger partial charge is 0.275 e. The fourth-order valence-electron chi connectivity index (χ4n) is 2.67. The lowest BCUT2D eigenvalue weighted by atomic mass is 10.2. The number of halogens is 1. The molecule has 0 radical (unpaired) electrons. The van der Waals surface area contributed by atoms with Gasteiger partial charge in [-0.2, -0.15) is 0 Å². The quantitative estimate of drug-likeness (QED) is 0.581. The van der Waals surface area contributed by atoms with Crippen molar-refractivity contribution in [3.8, 4) is 0 Å². The monoisotopic (exact) mass is 445 g/mol. The Morgan fingerprint density at radius 2 is 2.22 bits per heavy atom. The van der Waals surface area contributed by atoms with Crippen LogP contribution in [0.5, 0.6) is 0 Å². The van der Waals surface area contributed by atoms with E-state index < -0.39 is 9.84 Å². The molecule has 0 unspecified atom stereocenters. The van der Waals surface area contributed by atoms with Crippen LogP contribution in [0.1, 0.15) is 23.7 Å². The van der Waals surface area contributed by atoms with E-state index in [1.54, 1.807) is 13.1 Å². The molecule has 122 valence electrons. The maximum absolute atomic E-state index is 12.5. The van der Waals surface area contributed by atoms with Crippen LogP contribution in [-0.4, -0.2) is 35.9 Å². The number of benzene rings is 1. The number of rotatable bonds is 3. The number of sulfone groups is 1. The van der Waals surface area contributed by atoms with Crippen molar-refractivity contribution in [3.05, 3.63) is 49.4 Å². The van der Waals surface area contributed by atoms with Crippen LogP contribution in [0.25, 0.3) is 0 Å². The molecule has 6 nitrogen and oxygen atoms in total. The molecule has 1 aromatic heterocycles. The van der Waals surface area contributed by atoms with E-state index in [1.165, 1.54) is 4.68 Å². The maximum atomic E-state index is 12.5. The minimum Gasteiger partial charge on any atom is -0.299 e. The van der Waals surface area contributed by atoms with Crippen molar-refractivity contribution in [1.82, 2.24) is 9.78 Å². The number of aromatic nitrogens is 2. The van der Waals surface area contributed by atoms with E-state index in [1.807, 2.05) is 24.3 Å². The molecule has 1 aromatic carbocycles. The van der Waals surface area contributed by atoms with E-state index in [-0.39, 0.29) is 23.1 Å². The zero-order valence-corrected chi connectivity index (χ0v) is 15.5. The third-order valence-electron chi connectivity index (χ3n) is 3.87. The third kappa shape index (κ3) is 3.57. The van der Waals surface area contributed by atoms with Gasteiger partial charge in [0, 0.05) is 15.5 Å². The van der Waals surface area contributed by atoms with Gasteiger partial charge in [-0.05, 0) is 54.1 Å². The Balaban J connectivity index is 1.91. The molecule has 0 amide bonds. The number of aromatic amines is 1. The molecule has 0 bridgehead atoms. The standard InChI is InChI=1S/C15H16IN3O3S/c1-10-14(8-17-12-4-2-3-11(16)7-12)15(20)19(18-10)13-5-6-23(21,22)9-13/h2-4,7-8,13,18H,5-6,9H2,1H3/t13-/m1/s1. The number of H-pyrrole nitrogens is 1. The number of nitrogens with zero attached hydrogens (tertiary/aromatic N) is 2. The van der Waals surface area contributed by atoms with Gasteiger partial charge in [0.2, 0.25) is 0 Å². The SMILES string of the molecule is Cc1[nH]n([C@@H]2CCS(=O)(=O)C2)c(=O)c1C=Nc1cccc(I)c1. The summed E-state index contributed by atoms with van der Waals surface area (Å²) in [7, 11) is -3.04. The summed E-state index contributed by atoms with van der Waals surface area (Å²) in [6.07, 6.45) is 2.01. The summed E-state index contributed by atoms with van der Waals surface area (Å²) in [4.78, 5) is 16.9. The van der Waals surface area contributed by atoms with Gasteiger partial charge >= 0.3 is 0 Å². The van der Waals surface area contributed by atoms with Crippen molar-refractivity contribution in [2.24, 2.45) is 4.99 Å². The van der Waals surface area contributed by atoms with Crippen LogP contribution in [-0.2, 0) is 9.84 Å². The normalized spacial score (nSPS) is 20.3. The average Bonchev–Trinajstić information content (AvgIpc) is 2.97. The van der Waals surface area contributed by atoms with Crippen LogP contribution in [0.2, 0.25) is 0 Å². The lowest BCUT2D eigenvalue weighted by molar-refractivity contribution is 0.483. The van der Waals surface area contributed by atoms with Crippen molar-refractivity contribution in [1.29, 1.82) is 0 Å². The molecule has 8 heteroatoms. The molecule has 1 aliphatic heterocycles. The van der Waals surface area contributed by atoms with Gasteiger partial charge < -0.3 is 0 Å². The number of aryl methyl sites for hydroxylation is 1. The lowest BCUT2D eigenvalue weighted by Crippen LogP contribution is -2.25.